The number of benzene rings is 2. The molecule has 0 atom stereocenters. The zero-order valence-electron chi connectivity index (χ0n) is 15.7. The first-order valence-electron chi connectivity index (χ1n) is 8.40. The van der Waals surface area contributed by atoms with Gasteiger partial charge in [-0.05, 0) is 92.8 Å². The van der Waals surface area contributed by atoms with Gasteiger partial charge in [0.25, 0.3) is 11.8 Å². The molecule has 0 aliphatic carbocycles. The molecule has 29 heavy (non-hydrogen) atoms. The van der Waals surface area contributed by atoms with Gasteiger partial charge in [-0.25, -0.2) is 0 Å². The highest BCUT2D eigenvalue weighted by molar-refractivity contribution is 9.13. The van der Waals surface area contributed by atoms with E-state index in [1.54, 1.807) is 6.07 Å². The predicted molar refractivity (Wildman–Crippen MR) is 122 cm³/mol. The number of carbonyl (C=O) groups excluding carboxylic acids is 2. The molecule has 3 rings (SSSR count). The quantitative estimate of drug-likeness (QED) is 0.344. The Morgan fingerprint density at radius 1 is 1.21 bits per heavy atom. The molecule has 150 valence electrons. The minimum atomic E-state index is -0.600. The summed E-state index contributed by atoms with van der Waals surface area (Å²) in [6.07, 6.45) is 1.42. The summed E-state index contributed by atoms with van der Waals surface area (Å²) >= 11 is 11.9. The first-order valence-corrected chi connectivity index (χ1v) is 10.4. The van der Waals surface area contributed by atoms with Crippen LogP contribution >= 0.6 is 44.1 Å². The molecule has 9 heteroatoms. The van der Waals surface area contributed by atoms with Gasteiger partial charge >= 0.3 is 0 Å². The average Bonchev–Trinajstić information content (AvgIpc) is 2.68. The lowest BCUT2D eigenvalue weighted by molar-refractivity contribution is -0.122. The lowest BCUT2D eigenvalue weighted by Crippen LogP contribution is -2.54. The number of amides is 2. The monoisotopic (exact) mass is 538 g/mol. The fourth-order valence-electron chi connectivity index (χ4n) is 2.88. The van der Waals surface area contributed by atoms with Crippen LogP contribution in [-0.2, 0) is 9.59 Å². The summed E-state index contributed by atoms with van der Waals surface area (Å²) in [5, 5.41) is 12.7. The molecule has 2 N–H and O–H groups in total. The Hall–Kier alpha value is -2.23. The van der Waals surface area contributed by atoms with Crippen molar-refractivity contribution in [2.24, 2.45) is 0 Å². The molecule has 1 heterocycles. The predicted octanol–water partition coefficient (Wildman–Crippen LogP) is 4.37. The standard InChI is InChI=1S/C20H16Br2N2O4S/c1-9-5-4-6-13(10(9)2)24-19(27)12(18(26)23-20(24)29)7-11-8-14(28-3)17(25)16(22)15(11)21/h4-8,25H,1-3H3,(H,23,26,29)/b12-7-. The van der Waals surface area contributed by atoms with Crippen molar-refractivity contribution >= 4 is 72.8 Å². The molecule has 1 aliphatic rings. The van der Waals surface area contributed by atoms with Crippen LogP contribution in [0.3, 0.4) is 0 Å². The highest BCUT2D eigenvalue weighted by atomic mass is 79.9. The van der Waals surface area contributed by atoms with Crippen molar-refractivity contribution in [1.29, 1.82) is 0 Å². The second-order valence-corrected chi connectivity index (χ2v) is 8.29. The van der Waals surface area contributed by atoms with Crippen LogP contribution in [0.15, 0.2) is 38.8 Å². The first-order chi connectivity index (χ1) is 13.7. The SMILES string of the molecule is COc1cc(/C=C2/C(=O)NC(=S)N(c3cccc(C)c3C)C2=O)c(Br)c(Br)c1O. The number of nitrogens with one attached hydrogen (secondary N) is 1. The van der Waals surface area contributed by atoms with Crippen molar-refractivity contribution in [2.75, 3.05) is 12.0 Å². The molecule has 6 nitrogen and oxygen atoms in total. The van der Waals surface area contributed by atoms with Gasteiger partial charge in [0.15, 0.2) is 16.6 Å². The number of hydrogen-bond acceptors (Lipinski definition) is 5. The molecule has 1 fully saturated rings. The van der Waals surface area contributed by atoms with Crippen LogP contribution in [0.4, 0.5) is 5.69 Å². The third kappa shape index (κ3) is 3.82. The summed E-state index contributed by atoms with van der Waals surface area (Å²) in [6.45, 7) is 3.82. The van der Waals surface area contributed by atoms with Crippen molar-refractivity contribution in [1.82, 2.24) is 5.32 Å². The van der Waals surface area contributed by atoms with Crippen LogP contribution in [0.2, 0.25) is 0 Å². The van der Waals surface area contributed by atoms with Gasteiger partial charge in [0, 0.05) is 4.47 Å². The number of methoxy groups -OCH3 is 1. The van der Waals surface area contributed by atoms with Gasteiger partial charge in [0.05, 0.1) is 17.3 Å². The maximum absolute atomic E-state index is 13.2. The maximum Gasteiger partial charge on any atom is 0.270 e. The summed E-state index contributed by atoms with van der Waals surface area (Å²) in [4.78, 5) is 27.1. The fourth-order valence-corrected chi connectivity index (χ4v) is 4.00. The summed E-state index contributed by atoms with van der Waals surface area (Å²) < 4.78 is 5.96. The van der Waals surface area contributed by atoms with E-state index >= 15 is 0 Å². The van der Waals surface area contributed by atoms with E-state index in [2.05, 4.69) is 37.2 Å². The minimum absolute atomic E-state index is 0.0226. The molecule has 0 bridgehead atoms. The minimum Gasteiger partial charge on any atom is -0.503 e. The number of rotatable bonds is 3. The molecule has 0 unspecified atom stereocenters. The van der Waals surface area contributed by atoms with E-state index in [1.807, 2.05) is 26.0 Å². The van der Waals surface area contributed by atoms with Crippen LogP contribution in [0.5, 0.6) is 11.5 Å². The van der Waals surface area contributed by atoms with E-state index in [1.165, 1.54) is 24.2 Å². The van der Waals surface area contributed by atoms with Gasteiger partial charge < -0.3 is 9.84 Å². The smallest absolute Gasteiger partial charge is 0.270 e. The topological polar surface area (TPSA) is 78.9 Å². The molecule has 2 aromatic rings. The van der Waals surface area contributed by atoms with Gasteiger partial charge in [-0.3, -0.25) is 19.8 Å². The Morgan fingerprint density at radius 3 is 2.55 bits per heavy atom. The van der Waals surface area contributed by atoms with E-state index in [0.717, 1.165) is 11.1 Å². The van der Waals surface area contributed by atoms with Crippen molar-refractivity contribution in [3.8, 4) is 11.5 Å². The molecule has 1 aliphatic heterocycles. The Labute approximate surface area is 189 Å². The number of ether oxygens (including phenoxy) is 1. The molecule has 0 radical (unpaired) electrons. The lowest BCUT2D eigenvalue weighted by atomic mass is 10.0. The highest BCUT2D eigenvalue weighted by Gasteiger charge is 2.35. The Kier molecular flexibility index (Phi) is 6.11. The first kappa shape index (κ1) is 21.5. The number of aryl methyl sites for hydroxylation is 1. The number of thiocarbonyl (C=S) groups is 1. The van der Waals surface area contributed by atoms with Gasteiger partial charge in [-0.2, -0.15) is 0 Å². The fraction of sp³-hybridized carbons (Fsp3) is 0.150. The van der Waals surface area contributed by atoms with Gasteiger partial charge in [0.1, 0.15) is 5.57 Å². The molecule has 2 aromatic carbocycles. The number of phenolic OH excluding ortho intramolecular Hbond substituents is 1. The largest absolute Gasteiger partial charge is 0.503 e. The van der Waals surface area contributed by atoms with E-state index in [9.17, 15) is 14.7 Å². The molecule has 0 aromatic heterocycles. The van der Waals surface area contributed by atoms with Crippen LogP contribution in [-0.4, -0.2) is 29.1 Å². The number of phenols is 1. The number of anilines is 1. The molecular formula is C20H16Br2N2O4S. The lowest BCUT2D eigenvalue weighted by Gasteiger charge is -2.30. The Balaban J connectivity index is 2.14. The van der Waals surface area contributed by atoms with Gasteiger partial charge in [0.2, 0.25) is 0 Å². The van der Waals surface area contributed by atoms with Crippen molar-refractivity contribution < 1.29 is 19.4 Å². The van der Waals surface area contributed by atoms with Gasteiger partial charge in [-0.1, -0.05) is 12.1 Å². The van der Waals surface area contributed by atoms with Crippen molar-refractivity contribution in [3.63, 3.8) is 0 Å². The van der Waals surface area contributed by atoms with Crippen molar-refractivity contribution in [2.45, 2.75) is 13.8 Å². The summed E-state index contributed by atoms with van der Waals surface area (Å²) in [6, 6.07) is 7.06. The normalized spacial score (nSPS) is 15.7. The van der Waals surface area contributed by atoms with E-state index in [-0.39, 0.29) is 22.2 Å². The van der Waals surface area contributed by atoms with Crippen LogP contribution < -0.4 is 15.0 Å². The molecular weight excluding hydrogens is 524 g/mol. The summed E-state index contributed by atoms with van der Waals surface area (Å²) in [5.74, 6) is -1.05. The van der Waals surface area contributed by atoms with E-state index in [0.29, 0.717) is 20.2 Å². The van der Waals surface area contributed by atoms with Crippen LogP contribution in [0.25, 0.3) is 6.08 Å². The molecule has 2 amide bonds. The second kappa shape index (κ2) is 8.25. The van der Waals surface area contributed by atoms with Crippen LogP contribution in [0, 0.1) is 13.8 Å². The number of hydrogen-bond donors (Lipinski definition) is 2. The number of halogens is 2. The van der Waals surface area contributed by atoms with Gasteiger partial charge in [-0.15, -0.1) is 0 Å². The number of nitrogens with zero attached hydrogens (tertiary/aromatic N) is 1. The van der Waals surface area contributed by atoms with E-state index < -0.39 is 11.8 Å². The Bertz CT molecular complexity index is 1100. The summed E-state index contributed by atoms with van der Waals surface area (Å²) in [5.41, 5.74) is 2.86. The molecule has 1 saturated heterocycles. The average molecular weight is 540 g/mol. The zero-order valence-corrected chi connectivity index (χ0v) is 19.7. The molecule has 0 spiro atoms. The van der Waals surface area contributed by atoms with Crippen molar-refractivity contribution in [3.05, 3.63) is 55.5 Å². The number of carbonyl (C=O) groups is 2. The second-order valence-electron chi connectivity index (χ2n) is 6.32. The maximum atomic E-state index is 13.2. The third-order valence-electron chi connectivity index (χ3n) is 4.61. The highest BCUT2D eigenvalue weighted by Crippen LogP contribution is 2.42. The van der Waals surface area contributed by atoms with Crippen LogP contribution in [0.1, 0.15) is 16.7 Å². The number of aromatic hydroxyl groups is 1. The Morgan fingerprint density at radius 2 is 1.90 bits per heavy atom. The third-order valence-corrected chi connectivity index (χ3v) is 7.06. The zero-order chi connectivity index (χ0) is 21.5. The van der Waals surface area contributed by atoms with E-state index in [4.69, 9.17) is 17.0 Å². The molecule has 0 saturated carbocycles. The summed E-state index contributed by atoms with van der Waals surface area (Å²) in [7, 11) is 1.41.